The van der Waals surface area contributed by atoms with E-state index in [9.17, 15) is 4.39 Å². The number of ether oxygens (including phenoxy) is 2. The Morgan fingerprint density at radius 2 is 2.21 bits per heavy atom. The number of nitrogens with two attached hydrogens (primary N) is 1. The van der Waals surface area contributed by atoms with Crippen molar-refractivity contribution in [2.75, 3.05) is 13.4 Å². The van der Waals surface area contributed by atoms with E-state index in [1.807, 2.05) is 6.92 Å². The normalized spacial score (nSPS) is 10.2. The van der Waals surface area contributed by atoms with Gasteiger partial charge in [0.05, 0.1) is 0 Å². The lowest BCUT2D eigenvalue weighted by Gasteiger charge is -2.09. The van der Waals surface area contributed by atoms with Gasteiger partial charge in [-0.15, -0.1) is 0 Å². The molecule has 2 N–H and O–H groups in total. The second-order valence-electron chi connectivity index (χ2n) is 2.71. The van der Waals surface area contributed by atoms with Crippen molar-refractivity contribution in [3.63, 3.8) is 0 Å². The van der Waals surface area contributed by atoms with Crippen molar-refractivity contribution in [1.29, 1.82) is 0 Å². The Morgan fingerprint density at radius 1 is 1.43 bits per heavy atom. The maximum atomic E-state index is 12.8. The number of benzene rings is 1. The van der Waals surface area contributed by atoms with Crippen LogP contribution in [0.25, 0.3) is 0 Å². The van der Waals surface area contributed by atoms with Crippen molar-refractivity contribution in [3.8, 4) is 5.75 Å². The highest BCUT2D eigenvalue weighted by atomic mass is 19.1. The first-order chi connectivity index (χ1) is 6.77. The van der Waals surface area contributed by atoms with Crippen LogP contribution < -0.4 is 10.5 Å². The highest BCUT2D eigenvalue weighted by Crippen LogP contribution is 2.18. The summed E-state index contributed by atoms with van der Waals surface area (Å²) >= 11 is 0. The Balaban J connectivity index is 2.65. The van der Waals surface area contributed by atoms with Crippen molar-refractivity contribution in [3.05, 3.63) is 29.6 Å². The molecule has 3 nitrogen and oxygen atoms in total. The predicted molar refractivity (Wildman–Crippen MR) is 51.4 cm³/mol. The largest absolute Gasteiger partial charge is 0.467 e. The Morgan fingerprint density at radius 3 is 2.86 bits per heavy atom. The average molecular weight is 199 g/mol. The molecule has 0 radical (unpaired) electrons. The molecule has 1 rings (SSSR count). The predicted octanol–water partition coefficient (Wildman–Crippen LogP) is 1.66. The van der Waals surface area contributed by atoms with Crippen molar-refractivity contribution in [1.82, 2.24) is 0 Å². The minimum atomic E-state index is -0.311. The first kappa shape index (κ1) is 10.9. The van der Waals surface area contributed by atoms with Gasteiger partial charge in [0.15, 0.2) is 6.79 Å². The van der Waals surface area contributed by atoms with E-state index in [-0.39, 0.29) is 19.2 Å². The van der Waals surface area contributed by atoms with Crippen LogP contribution in [-0.4, -0.2) is 13.4 Å². The molecule has 78 valence electrons. The zero-order valence-corrected chi connectivity index (χ0v) is 8.13. The molecular formula is C10H14FNO2. The summed E-state index contributed by atoms with van der Waals surface area (Å²) in [5, 5.41) is 0. The second kappa shape index (κ2) is 5.57. The molecule has 0 bridgehead atoms. The highest BCUT2D eigenvalue weighted by molar-refractivity contribution is 5.33. The summed E-state index contributed by atoms with van der Waals surface area (Å²) in [6.07, 6.45) is 0. The summed E-state index contributed by atoms with van der Waals surface area (Å²) in [5.41, 5.74) is 6.08. The number of hydrogen-bond acceptors (Lipinski definition) is 3. The van der Waals surface area contributed by atoms with Gasteiger partial charge in [-0.25, -0.2) is 4.39 Å². The molecule has 0 heterocycles. The van der Waals surface area contributed by atoms with E-state index in [0.29, 0.717) is 17.9 Å². The highest BCUT2D eigenvalue weighted by Gasteiger charge is 2.03. The maximum absolute atomic E-state index is 12.8. The molecule has 0 saturated carbocycles. The zero-order chi connectivity index (χ0) is 10.4. The third-order valence-corrected chi connectivity index (χ3v) is 1.74. The maximum Gasteiger partial charge on any atom is 0.189 e. The molecule has 0 spiro atoms. The molecule has 0 aliphatic heterocycles. The molecule has 14 heavy (non-hydrogen) atoms. The van der Waals surface area contributed by atoms with Gasteiger partial charge in [-0.2, -0.15) is 0 Å². The monoisotopic (exact) mass is 199 g/mol. The van der Waals surface area contributed by atoms with E-state index in [0.717, 1.165) is 0 Å². The van der Waals surface area contributed by atoms with Crippen LogP contribution in [0.5, 0.6) is 5.75 Å². The molecule has 0 aliphatic rings. The van der Waals surface area contributed by atoms with Gasteiger partial charge in [0.1, 0.15) is 11.6 Å². The molecule has 0 fully saturated rings. The Hall–Kier alpha value is -1.13. The Labute approximate surface area is 82.6 Å². The van der Waals surface area contributed by atoms with Crippen LogP contribution in [0, 0.1) is 5.82 Å². The second-order valence-corrected chi connectivity index (χ2v) is 2.71. The molecule has 0 amide bonds. The van der Waals surface area contributed by atoms with Gasteiger partial charge < -0.3 is 15.2 Å². The fourth-order valence-electron chi connectivity index (χ4n) is 1.04. The van der Waals surface area contributed by atoms with Gasteiger partial charge in [-0.05, 0) is 25.1 Å². The van der Waals surface area contributed by atoms with Crippen LogP contribution in [0.4, 0.5) is 4.39 Å². The summed E-state index contributed by atoms with van der Waals surface area (Å²) < 4.78 is 23.0. The van der Waals surface area contributed by atoms with Crippen molar-refractivity contribution >= 4 is 0 Å². The van der Waals surface area contributed by atoms with E-state index in [1.54, 1.807) is 6.07 Å². The third-order valence-electron chi connectivity index (χ3n) is 1.74. The third kappa shape index (κ3) is 2.97. The topological polar surface area (TPSA) is 44.5 Å². The van der Waals surface area contributed by atoms with Crippen LogP contribution in [0.3, 0.4) is 0 Å². The first-order valence-corrected chi connectivity index (χ1v) is 4.47. The van der Waals surface area contributed by atoms with Crippen LogP contribution in [0.1, 0.15) is 12.5 Å². The smallest absolute Gasteiger partial charge is 0.189 e. The standard InChI is InChI=1S/C10H14FNO2/c1-2-13-7-14-10-4-3-9(11)5-8(10)6-12/h3-5H,2,6-7,12H2,1H3. The van der Waals surface area contributed by atoms with E-state index in [1.165, 1.54) is 12.1 Å². The minimum Gasteiger partial charge on any atom is -0.467 e. The first-order valence-electron chi connectivity index (χ1n) is 4.47. The van der Waals surface area contributed by atoms with Gasteiger partial charge in [0.25, 0.3) is 0 Å². The summed E-state index contributed by atoms with van der Waals surface area (Å²) in [4.78, 5) is 0. The molecular weight excluding hydrogens is 185 g/mol. The van der Waals surface area contributed by atoms with Crippen molar-refractivity contribution < 1.29 is 13.9 Å². The molecule has 0 aromatic heterocycles. The quantitative estimate of drug-likeness (QED) is 0.579. The van der Waals surface area contributed by atoms with Crippen molar-refractivity contribution in [2.45, 2.75) is 13.5 Å². The van der Waals surface area contributed by atoms with Gasteiger partial charge in [0.2, 0.25) is 0 Å². The van der Waals surface area contributed by atoms with E-state index < -0.39 is 0 Å². The van der Waals surface area contributed by atoms with Crippen LogP contribution in [-0.2, 0) is 11.3 Å². The average Bonchev–Trinajstić information content (AvgIpc) is 2.20. The van der Waals surface area contributed by atoms with Gasteiger partial charge in [-0.3, -0.25) is 0 Å². The van der Waals surface area contributed by atoms with Crippen LogP contribution in [0.2, 0.25) is 0 Å². The lowest BCUT2D eigenvalue weighted by atomic mass is 10.2. The molecule has 0 aliphatic carbocycles. The summed E-state index contributed by atoms with van der Waals surface area (Å²) in [6, 6.07) is 4.25. The van der Waals surface area contributed by atoms with Gasteiger partial charge in [0, 0.05) is 18.7 Å². The van der Waals surface area contributed by atoms with E-state index >= 15 is 0 Å². The van der Waals surface area contributed by atoms with Crippen LogP contribution in [0.15, 0.2) is 18.2 Å². The summed E-state index contributed by atoms with van der Waals surface area (Å²) in [5.74, 6) is 0.261. The summed E-state index contributed by atoms with van der Waals surface area (Å²) in [7, 11) is 0. The zero-order valence-electron chi connectivity index (χ0n) is 8.13. The van der Waals surface area contributed by atoms with E-state index in [4.69, 9.17) is 15.2 Å². The minimum absolute atomic E-state index is 0.162. The SMILES string of the molecule is CCOCOc1ccc(F)cc1CN. The van der Waals surface area contributed by atoms with E-state index in [2.05, 4.69) is 0 Å². The lowest BCUT2D eigenvalue weighted by Crippen LogP contribution is -2.06. The molecule has 1 aromatic carbocycles. The van der Waals surface area contributed by atoms with Crippen LogP contribution >= 0.6 is 0 Å². The Kier molecular flexibility index (Phi) is 4.35. The molecule has 1 aromatic rings. The van der Waals surface area contributed by atoms with Gasteiger partial charge >= 0.3 is 0 Å². The van der Waals surface area contributed by atoms with Gasteiger partial charge in [-0.1, -0.05) is 0 Å². The fourth-order valence-corrected chi connectivity index (χ4v) is 1.04. The lowest BCUT2D eigenvalue weighted by molar-refractivity contribution is 0.0218. The Bertz CT molecular complexity index is 291. The fraction of sp³-hybridized carbons (Fsp3) is 0.400. The number of hydrogen-bond donors (Lipinski definition) is 1. The van der Waals surface area contributed by atoms with Crippen molar-refractivity contribution in [2.24, 2.45) is 5.73 Å². The summed E-state index contributed by atoms with van der Waals surface area (Å²) in [6.45, 7) is 2.87. The molecule has 0 unspecified atom stereocenters. The number of halogens is 1. The molecule has 0 saturated heterocycles. The molecule has 0 atom stereocenters. The molecule has 4 heteroatoms. The number of rotatable bonds is 5.